The minimum absolute atomic E-state index is 0.00590. The quantitative estimate of drug-likeness (QED) is 0.331. The molecule has 0 amide bonds. The summed E-state index contributed by atoms with van der Waals surface area (Å²) < 4.78 is 82.7. The Balaban J connectivity index is 1.47. The Bertz CT molecular complexity index is 1380. The number of allylic oxidation sites excluding steroid dienone is 7. The van der Waals surface area contributed by atoms with Gasteiger partial charge in [0.05, 0.1) is 6.67 Å². The lowest BCUT2D eigenvalue weighted by Crippen LogP contribution is -2.52. The number of rotatable bonds is 7. The topological polar surface area (TPSA) is 51.2 Å². The minimum atomic E-state index is -4.82. The summed E-state index contributed by atoms with van der Waals surface area (Å²) in [7, 11) is 0. The van der Waals surface area contributed by atoms with Crippen LogP contribution in [0.15, 0.2) is 78.6 Å². The Kier molecular flexibility index (Phi) is 8.91. The van der Waals surface area contributed by atoms with Crippen molar-refractivity contribution in [1.82, 2.24) is 4.90 Å². The summed E-state index contributed by atoms with van der Waals surface area (Å²) >= 11 is 0. The molecule has 0 spiro atoms. The lowest BCUT2D eigenvalue weighted by Gasteiger charge is -2.32. The predicted octanol–water partition coefficient (Wildman–Crippen LogP) is 8.11. The lowest BCUT2D eigenvalue weighted by atomic mass is 9.90. The molecule has 1 atom stereocenters. The van der Waals surface area contributed by atoms with E-state index in [1.807, 2.05) is 30.3 Å². The summed E-state index contributed by atoms with van der Waals surface area (Å²) in [6.07, 6.45) is 2.05. The van der Waals surface area contributed by atoms with Gasteiger partial charge in [0.1, 0.15) is 17.6 Å². The Morgan fingerprint density at radius 1 is 0.952 bits per heavy atom. The van der Waals surface area contributed by atoms with Crippen molar-refractivity contribution in [3.63, 3.8) is 0 Å². The third-order valence-corrected chi connectivity index (χ3v) is 7.35. The molecule has 0 aromatic heterocycles. The predicted molar refractivity (Wildman–Crippen MR) is 150 cm³/mol. The van der Waals surface area contributed by atoms with Gasteiger partial charge in [-0.3, -0.25) is 9.29 Å². The van der Waals surface area contributed by atoms with Crippen molar-refractivity contribution < 1.29 is 41.3 Å². The van der Waals surface area contributed by atoms with E-state index >= 15 is 0 Å². The van der Waals surface area contributed by atoms with Gasteiger partial charge >= 0.3 is 12.2 Å². The minimum Gasteiger partial charge on any atom is -0.508 e. The van der Waals surface area contributed by atoms with Gasteiger partial charge in [-0.05, 0) is 90.8 Å². The fourth-order valence-electron chi connectivity index (χ4n) is 5.24. The van der Waals surface area contributed by atoms with Gasteiger partial charge in [-0.15, -0.1) is 0 Å². The number of nitrogens with zero attached hydrogens (tertiary/aromatic N) is 1. The van der Waals surface area contributed by atoms with Crippen molar-refractivity contribution in [2.45, 2.75) is 50.4 Å². The van der Waals surface area contributed by atoms with Gasteiger partial charge in [0.2, 0.25) is 0 Å². The van der Waals surface area contributed by atoms with Crippen LogP contribution in [0.2, 0.25) is 0 Å². The molecule has 0 radical (unpaired) electrons. The maximum absolute atomic E-state index is 13.9. The van der Waals surface area contributed by atoms with Gasteiger partial charge in [0.15, 0.2) is 11.5 Å². The van der Waals surface area contributed by atoms with E-state index in [0.717, 1.165) is 36.2 Å². The van der Waals surface area contributed by atoms with Crippen LogP contribution in [-0.2, 0) is 0 Å². The number of hydrogen-bond donors (Lipinski definition) is 1. The first-order valence-electron chi connectivity index (χ1n) is 14.0. The first kappa shape index (κ1) is 29.7. The summed E-state index contributed by atoms with van der Waals surface area (Å²) in [4.78, 5) is 2.19. The molecule has 1 saturated heterocycles. The molecule has 1 N–H and O–H groups in total. The summed E-state index contributed by atoms with van der Waals surface area (Å²) in [5.41, 5.74) is 2.83. The number of halogens is 5. The molecule has 3 aliphatic rings. The number of fused-ring (bicyclic) bond motifs is 1. The smallest absolute Gasteiger partial charge is 0.507 e. The van der Waals surface area contributed by atoms with Crippen LogP contribution >= 0.6 is 0 Å². The van der Waals surface area contributed by atoms with Crippen LogP contribution in [0.25, 0.3) is 11.1 Å². The normalized spacial score (nSPS) is 24.5. The number of aliphatic hydroxyl groups is 1. The van der Waals surface area contributed by atoms with Gasteiger partial charge in [0.25, 0.3) is 0 Å². The van der Waals surface area contributed by atoms with Gasteiger partial charge in [-0.1, -0.05) is 36.4 Å². The molecular formula is C32H32F5NO4. The molecule has 2 aliphatic heterocycles. The van der Waals surface area contributed by atoms with Crippen LogP contribution in [0.3, 0.4) is 0 Å². The molecular weight excluding hydrogens is 557 g/mol. The second kappa shape index (κ2) is 12.6. The van der Waals surface area contributed by atoms with Gasteiger partial charge in [0, 0.05) is 19.6 Å². The number of alkyl halides is 5. The number of hydrogen-bond acceptors (Lipinski definition) is 5. The second-order valence-electron chi connectivity index (χ2n) is 10.4. The molecule has 0 unspecified atom stereocenters. The maximum Gasteiger partial charge on any atom is 0.507 e. The highest BCUT2D eigenvalue weighted by Crippen LogP contribution is 2.48. The van der Waals surface area contributed by atoms with Gasteiger partial charge in [-0.25, -0.2) is 0 Å². The SMILES string of the molecule is OC1=C/C=C/C(c2ccc(O[C@H]3CCN(CCCF)C3)cc2)=C(/c2ccc3c(c2)OC(F)(F)C(F)(F)O3)CCCC=C1. The van der Waals surface area contributed by atoms with Crippen LogP contribution in [0.4, 0.5) is 22.0 Å². The summed E-state index contributed by atoms with van der Waals surface area (Å²) in [5, 5.41) is 10.1. The molecule has 2 heterocycles. The van der Waals surface area contributed by atoms with Crippen LogP contribution in [0.1, 0.15) is 43.2 Å². The van der Waals surface area contributed by atoms with E-state index in [9.17, 15) is 27.1 Å². The molecule has 2 aromatic rings. The Labute approximate surface area is 241 Å². The van der Waals surface area contributed by atoms with Crippen molar-refractivity contribution in [1.29, 1.82) is 0 Å². The van der Waals surface area contributed by atoms with Gasteiger partial charge in [-0.2, -0.15) is 17.6 Å². The van der Waals surface area contributed by atoms with Gasteiger partial charge < -0.3 is 19.3 Å². The van der Waals surface area contributed by atoms with E-state index in [1.54, 1.807) is 24.3 Å². The monoisotopic (exact) mass is 589 g/mol. The van der Waals surface area contributed by atoms with Crippen LogP contribution in [0, 0.1) is 0 Å². The highest BCUT2D eigenvalue weighted by atomic mass is 19.3. The first-order chi connectivity index (χ1) is 20.1. The molecule has 5 nitrogen and oxygen atoms in total. The number of aliphatic hydroxyl groups excluding tert-OH is 1. The zero-order valence-corrected chi connectivity index (χ0v) is 22.9. The molecule has 224 valence electrons. The van der Waals surface area contributed by atoms with Crippen molar-refractivity contribution in [3.8, 4) is 17.2 Å². The highest BCUT2D eigenvalue weighted by Gasteiger charge is 2.65. The standard InChI is InChI=1S/C32H32F5NO4/c33-17-5-18-38-19-16-26(21-38)40-25-13-10-22(11-14-25)27-9-4-7-24(39)6-2-1-3-8-28(27)23-12-15-29-30(20-23)42-32(36,37)31(34,35)41-29/h2,4,6-7,9-15,20,26,39H,1,3,5,8,16-19,21H2/b6-2?,9-4+,24-7?,28-27-/t26-/m0/s1. The summed E-state index contributed by atoms with van der Waals surface area (Å²) in [5.74, 6) is -0.191. The van der Waals surface area contributed by atoms with Crippen molar-refractivity contribution in [3.05, 3.63) is 89.7 Å². The van der Waals surface area contributed by atoms with E-state index in [-0.39, 0.29) is 18.5 Å². The van der Waals surface area contributed by atoms with Crippen LogP contribution in [-0.4, -0.2) is 54.6 Å². The fourth-order valence-corrected chi connectivity index (χ4v) is 5.24. The zero-order chi connectivity index (χ0) is 29.7. The summed E-state index contributed by atoms with van der Waals surface area (Å²) in [6, 6.07) is 11.5. The van der Waals surface area contributed by atoms with Crippen molar-refractivity contribution >= 4 is 11.1 Å². The van der Waals surface area contributed by atoms with E-state index in [4.69, 9.17) is 4.74 Å². The number of likely N-dealkylation sites (tertiary alicyclic amines) is 1. The molecule has 0 saturated carbocycles. The average Bonchev–Trinajstić information content (AvgIpc) is 3.38. The molecule has 2 aromatic carbocycles. The first-order valence-corrected chi connectivity index (χ1v) is 14.0. The molecule has 10 heteroatoms. The highest BCUT2D eigenvalue weighted by molar-refractivity contribution is 5.96. The Morgan fingerprint density at radius 2 is 1.69 bits per heavy atom. The van der Waals surface area contributed by atoms with Crippen LogP contribution < -0.4 is 14.2 Å². The second-order valence-corrected chi connectivity index (χ2v) is 10.4. The largest absolute Gasteiger partial charge is 0.508 e. The molecule has 0 bridgehead atoms. The summed E-state index contributed by atoms with van der Waals surface area (Å²) in [6.45, 7) is 1.96. The molecule has 1 aliphatic carbocycles. The zero-order valence-electron chi connectivity index (χ0n) is 22.9. The Hall–Kier alpha value is -3.79. The number of ether oxygens (including phenoxy) is 3. The van der Waals surface area contributed by atoms with E-state index < -0.39 is 23.7 Å². The third-order valence-electron chi connectivity index (χ3n) is 7.35. The molecule has 42 heavy (non-hydrogen) atoms. The lowest BCUT2D eigenvalue weighted by molar-refractivity contribution is -0.391. The molecule has 1 fully saturated rings. The fraction of sp³-hybridized carbons (Fsp3) is 0.375. The number of benzene rings is 2. The van der Waals surface area contributed by atoms with Crippen LogP contribution in [0.5, 0.6) is 17.2 Å². The van der Waals surface area contributed by atoms with E-state index in [2.05, 4.69) is 14.4 Å². The molecule has 5 rings (SSSR count). The van der Waals surface area contributed by atoms with Crippen molar-refractivity contribution in [2.75, 3.05) is 26.3 Å². The average molecular weight is 590 g/mol. The van der Waals surface area contributed by atoms with E-state index in [0.29, 0.717) is 43.5 Å². The third kappa shape index (κ3) is 6.81. The van der Waals surface area contributed by atoms with Crippen molar-refractivity contribution in [2.24, 2.45) is 0 Å². The van der Waals surface area contributed by atoms with E-state index in [1.165, 1.54) is 18.2 Å². The Morgan fingerprint density at radius 3 is 2.45 bits per heavy atom. The maximum atomic E-state index is 13.9.